The van der Waals surface area contributed by atoms with Gasteiger partial charge in [0.05, 0.1) is 16.0 Å². The fraction of sp³-hybridized carbons (Fsp3) is 0.158. The number of primary sulfonamides is 1. The molecular weight excluding hydrogens is 352 g/mol. The predicted molar refractivity (Wildman–Crippen MR) is 98.2 cm³/mol. The fourth-order valence-electron chi connectivity index (χ4n) is 2.75. The first-order valence-electron chi connectivity index (χ1n) is 7.91. The lowest BCUT2D eigenvalue weighted by Crippen LogP contribution is -2.16. The minimum Gasteiger partial charge on any atom is -0.457 e. The number of sulfonamides is 1. The lowest BCUT2D eigenvalue weighted by Gasteiger charge is -2.11. The van der Waals surface area contributed by atoms with E-state index < -0.39 is 16.0 Å². The molecule has 0 unspecified atom stereocenters. The summed E-state index contributed by atoms with van der Waals surface area (Å²) in [6.45, 7) is 3.40. The molecule has 26 heavy (non-hydrogen) atoms. The molecule has 7 heteroatoms. The maximum atomic E-state index is 12.4. The van der Waals surface area contributed by atoms with Crippen LogP contribution in [-0.4, -0.2) is 19.4 Å². The lowest BCUT2D eigenvalue weighted by atomic mass is 10.1. The van der Waals surface area contributed by atoms with Gasteiger partial charge in [0.25, 0.3) is 0 Å². The predicted octanol–water partition coefficient (Wildman–Crippen LogP) is 2.86. The Morgan fingerprint density at radius 1 is 1.15 bits per heavy atom. The number of para-hydroxylation sites is 1. The van der Waals surface area contributed by atoms with Gasteiger partial charge in [-0.2, -0.15) is 0 Å². The number of ether oxygens (including phenoxy) is 1. The zero-order valence-electron chi connectivity index (χ0n) is 14.4. The van der Waals surface area contributed by atoms with E-state index in [0.717, 1.165) is 16.5 Å². The topological polar surface area (TPSA) is 99.3 Å². The van der Waals surface area contributed by atoms with Gasteiger partial charge in [0.1, 0.15) is 6.61 Å². The second kappa shape index (κ2) is 6.86. The summed E-state index contributed by atoms with van der Waals surface area (Å²) < 4.78 is 28.8. The van der Waals surface area contributed by atoms with Crippen LogP contribution in [0.4, 0.5) is 0 Å². The number of fused-ring (bicyclic) bond motifs is 1. The average Bonchev–Trinajstić information content (AvgIpc) is 2.60. The molecule has 2 N–H and O–H groups in total. The minimum atomic E-state index is -3.93. The zero-order valence-corrected chi connectivity index (χ0v) is 15.2. The Balaban J connectivity index is 1.88. The van der Waals surface area contributed by atoms with E-state index in [0.29, 0.717) is 11.1 Å². The highest BCUT2D eigenvalue weighted by atomic mass is 32.2. The molecule has 0 aliphatic carbocycles. The number of benzene rings is 2. The molecule has 0 fully saturated rings. The van der Waals surface area contributed by atoms with E-state index >= 15 is 0 Å². The van der Waals surface area contributed by atoms with E-state index in [1.165, 1.54) is 6.07 Å². The van der Waals surface area contributed by atoms with Crippen molar-refractivity contribution in [2.24, 2.45) is 5.14 Å². The maximum Gasteiger partial charge on any atom is 0.338 e. The summed E-state index contributed by atoms with van der Waals surface area (Å²) in [5, 5.41) is 6.18. The smallest absolute Gasteiger partial charge is 0.338 e. The van der Waals surface area contributed by atoms with Crippen LogP contribution in [0.2, 0.25) is 0 Å². The number of rotatable bonds is 4. The third kappa shape index (κ3) is 3.58. The van der Waals surface area contributed by atoms with E-state index in [9.17, 15) is 13.2 Å². The number of nitrogens with zero attached hydrogens (tertiary/aromatic N) is 1. The van der Waals surface area contributed by atoms with Crippen LogP contribution in [0.15, 0.2) is 53.6 Å². The Morgan fingerprint density at radius 3 is 2.62 bits per heavy atom. The maximum absolute atomic E-state index is 12.4. The number of hydrogen-bond donors (Lipinski definition) is 1. The molecule has 0 radical (unpaired) electrons. The molecule has 0 saturated heterocycles. The third-order valence-electron chi connectivity index (χ3n) is 4.24. The zero-order chi connectivity index (χ0) is 18.9. The van der Waals surface area contributed by atoms with Gasteiger partial charge in [-0.1, -0.05) is 24.3 Å². The summed E-state index contributed by atoms with van der Waals surface area (Å²) in [4.78, 5) is 16.7. The van der Waals surface area contributed by atoms with Crippen molar-refractivity contribution in [2.45, 2.75) is 25.3 Å². The van der Waals surface area contributed by atoms with Gasteiger partial charge in [-0.25, -0.2) is 18.4 Å². The van der Waals surface area contributed by atoms with Gasteiger partial charge in [0.2, 0.25) is 10.0 Å². The van der Waals surface area contributed by atoms with Crippen LogP contribution in [0.3, 0.4) is 0 Å². The van der Waals surface area contributed by atoms with E-state index in [4.69, 9.17) is 9.88 Å². The number of hydrogen-bond acceptors (Lipinski definition) is 5. The average molecular weight is 370 g/mol. The van der Waals surface area contributed by atoms with Crippen LogP contribution in [0.1, 0.15) is 27.0 Å². The molecule has 0 amide bonds. The van der Waals surface area contributed by atoms with E-state index in [1.807, 2.05) is 30.3 Å². The number of carbonyl (C=O) groups excluding carboxylic acids is 1. The summed E-state index contributed by atoms with van der Waals surface area (Å²) >= 11 is 0. The number of nitrogens with two attached hydrogens (primary N) is 1. The molecule has 0 bridgehead atoms. The summed E-state index contributed by atoms with van der Waals surface area (Å²) in [5.41, 5.74) is 2.84. The Morgan fingerprint density at radius 2 is 1.88 bits per heavy atom. The molecule has 3 rings (SSSR count). The van der Waals surface area contributed by atoms with Crippen LogP contribution < -0.4 is 5.14 Å². The lowest BCUT2D eigenvalue weighted by molar-refractivity contribution is 0.0474. The van der Waals surface area contributed by atoms with Crippen molar-refractivity contribution in [3.05, 3.63) is 70.9 Å². The summed E-state index contributed by atoms with van der Waals surface area (Å²) in [6.07, 6.45) is 1.68. The third-order valence-corrected chi connectivity index (χ3v) is 5.27. The number of carbonyl (C=O) groups is 1. The van der Waals surface area contributed by atoms with E-state index in [2.05, 4.69) is 4.98 Å². The SMILES string of the molecule is Cc1cc(C(=O)OCc2cccc3cccnc23)cc(S(N)(=O)=O)c1C. The van der Waals surface area contributed by atoms with Crippen molar-refractivity contribution in [1.29, 1.82) is 0 Å². The molecule has 6 nitrogen and oxygen atoms in total. The van der Waals surface area contributed by atoms with E-state index in [1.54, 1.807) is 26.1 Å². The highest BCUT2D eigenvalue weighted by Gasteiger charge is 2.18. The number of esters is 1. The van der Waals surface area contributed by atoms with Gasteiger partial charge in [0.15, 0.2) is 0 Å². The minimum absolute atomic E-state index is 0.0326. The van der Waals surface area contributed by atoms with Crippen molar-refractivity contribution < 1.29 is 17.9 Å². The van der Waals surface area contributed by atoms with Gasteiger partial charge >= 0.3 is 5.97 Å². The molecule has 0 spiro atoms. The monoisotopic (exact) mass is 370 g/mol. The Hall–Kier alpha value is -2.77. The van der Waals surface area contributed by atoms with Crippen molar-refractivity contribution in [3.63, 3.8) is 0 Å². The van der Waals surface area contributed by atoms with Gasteiger partial charge < -0.3 is 4.74 Å². The molecule has 0 aliphatic rings. The highest BCUT2D eigenvalue weighted by Crippen LogP contribution is 2.22. The molecule has 1 heterocycles. The summed E-state index contributed by atoms with van der Waals surface area (Å²) in [6, 6.07) is 12.2. The Labute approximate surface area is 151 Å². The van der Waals surface area contributed by atoms with Crippen molar-refractivity contribution in [2.75, 3.05) is 0 Å². The quantitative estimate of drug-likeness (QED) is 0.712. The summed E-state index contributed by atoms with van der Waals surface area (Å²) in [5.74, 6) is -0.620. The van der Waals surface area contributed by atoms with E-state index in [-0.39, 0.29) is 17.1 Å². The molecule has 3 aromatic rings. The normalized spacial score (nSPS) is 11.5. The van der Waals surface area contributed by atoms with Crippen molar-refractivity contribution in [3.8, 4) is 0 Å². The Kier molecular flexibility index (Phi) is 4.76. The second-order valence-electron chi connectivity index (χ2n) is 6.03. The molecule has 0 atom stereocenters. The van der Waals surface area contributed by atoms with Crippen LogP contribution in [-0.2, 0) is 21.4 Å². The van der Waals surface area contributed by atoms with Gasteiger partial charge in [-0.3, -0.25) is 4.98 Å². The highest BCUT2D eigenvalue weighted by molar-refractivity contribution is 7.89. The van der Waals surface area contributed by atoms with Crippen LogP contribution in [0, 0.1) is 13.8 Å². The molecule has 134 valence electrons. The molecule has 1 aromatic heterocycles. The first-order valence-corrected chi connectivity index (χ1v) is 9.46. The molecule has 0 saturated carbocycles. The number of aryl methyl sites for hydroxylation is 1. The standard InChI is InChI=1S/C19H18N2O4S/c1-12-9-16(10-17(13(12)2)26(20,23)24)19(22)25-11-15-6-3-5-14-7-4-8-21-18(14)15/h3-10H,11H2,1-2H3,(H2,20,23,24). The molecule has 0 aliphatic heterocycles. The van der Waals surface area contributed by atoms with Crippen molar-refractivity contribution in [1.82, 2.24) is 4.98 Å². The Bertz CT molecular complexity index is 1100. The molecule has 2 aromatic carbocycles. The van der Waals surface area contributed by atoms with Crippen LogP contribution >= 0.6 is 0 Å². The van der Waals surface area contributed by atoms with Crippen LogP contribution in [0.5, 0.6) is 0 Å². The largest absolute Gasteiger partial charge is 0.457 e. The van der Waals surface area contributed by atoms with Gasteiger partial charge in [-0.15, -0.1) is 0 Å². The van der Waals surface area contributed by atoms with Crippen LogP contribution in [0.25, 0.3) is 10.9 Å². The fourth-order valence-corrected chi connectivity index (χ4v) is 3.63. The first kappa shape index (κ1) is 18.0. The summed E-state index contributed by atoms with van der Waals surface area (Å²) in [7, 11) is -3.93. The first-order chi connectivity index (χ1) is 12.3. The second-order valence-corrected chi connectivity index (χ2v) is 7.56. The van der Waals surface area contributed by atoms with Gasteiger partial charge in [0, 0.05) is 17.1 Å². The number of pyridine rings is 1. The molecular formula is C19H18N2O4S. The number of aromatic nitrogens is 1. The van der Waals surface area contributed by atoms with Crippen molar-refractivity contribution >= 4 is 26.9 Å². The van der Waals surface area contributed by atoms with Gasteiger partial charge in [-0.05, 0) is 43.2 Å².